The quantitative estimate of drug-likeness (QED) is 0.200. The molecule has 0 rings (SSSR count). The third kappa shape index (κ3) is 5.77. The van der Waals surface area contributed by atoms with Crippen LogP contribution in [0.5, 0.6) is 0 Å². The van der Waals surface area contributed by atoms with Crippen LogP contribution >= 0.6 is 0 Å². The van der Waals surface area contributed by atoms with Gasteiger partial charge in [0.05, 0.1) is 6.08 Å². The second-order valence-electron chi connectivity index (χ2n) is 2.18. The second kappa shape index (κ2) is 7.79. The number of esters is 1. The highest BCUT2D eigenvalue weighted by molar-refractivity contribution is 5.88. The van der Waals surface area contributed by atoms with Crippen molar-refractivity contribution in [1.82, 2.24) is 0 Å². The zero-order valence-electron chi connectivity index (χ0n) is 7.77. The molecule has 0 aromatic heterocycles. The van der Waals surface area contributed by atoms with E-state index in [9.17, 15) is 9.59 Å². The summed E-state index contributed by atoms with van der Waals surface area (Å²) in [6.45, 7) is 7.03. The molecule has 0 unspecified atom stereocenters. The molecule has 0 fully saturated rings. The van der Waals surface area contributed by atoms with Crippen LogP contribution in [0.25, 0.3) is 0 Å². The molecule has 0 atom stereocenters. The van der Waals surface area contributed by atoms with Gasteiger partial charge in [-0.2, -0.15) is 0 Å². The molecule has 0 bridgehead atoms. The lowest BCUT2D eigenvalue weighted by Gasteiger charge is -2.01. The van der Waals surface area contributed by atoms with Crippen molar-refractivity contribution in [3.8, 4) is 0 Å². The Morgan fingerprint density at radius 3 is 2.21 bits per heavy atom. The lowest BCUT2D eigenvalue weighted by atomic mass is 10.4. The van der Waals surface area contributed by atoms with Crippen molar-refractivity contribution in [1.29, 1.82) is 0 Å². The topological polar surface area (TPSA) is 52.6 Å². The molecule has 76 valence electrons. The summed E-state index contributed by atoms with van der Waals surface area (Å²) < 4.78 is 9.44. The molecule has 0 aliphatic heterocycles. The summed E-state index contributed by atoms with van der Waals surface area (Å²) in [7, 11) is 0. The third-order valence-corrected chi connectivity index (χ3v) is 1.09. The van der Waals surface area contributed by atoms with Gasteiger partial charge in [-0.05, 0) is 0 Å². The largest absolute Gasteiger partial charge is 0.486 e. The van der Waals surface area contributed by atoms with Crippen molar-refractivity contribution in [2.24, 2.45) is 0 Å². The summed E-state index contributed by atoms with van der Waals surface area (Å²) in [6, 6.07) is 0. The summed E-state index contributed by atoms with van der Waals surface area (Å²) in [5.41, 5.74) is 0. The molecule has 14 heavy (non-hydrogen) atoms. The Labute approximate surface area is 82.5 Å². The van der Waals surface area contributed by atoms with Gasteiger partial charge in [-0.3, -0.25) is 4.79 Å². The van der Waals surface area contributed by atoms with Crippen LogP contribution in [0.15, 0.2) is 37.1 Å². The SMILES string of the molecule is C=CCOC(=O)/C=C(/C=O)OCC=C. The minimum absolute atomic E-state index is 0.0843. The van der Waals surface area contributed by atoms with E-state index in [1.807, 2.05) is 0 Å². The first kappa shape index (κ1) is 12.2. The fraction of sp³-hybridized carbons (Fsp3) is 0.200. The fourth-order valence-corrected chi connectivity index (χ4v) is 0.564. The Kier molecular flexibility index (Phi) is 6.77. The lowest BCUT2D eigenvalue weighted by Crippen LogP contribution is -2.04. The van der Waals surface area contributed by atoms with Crippen molar-refractivity contribution in [2.75, 3.05) is 13.2 Å². The molecule has 4 heteroatoms. The van der Waals surface area contributed by atoms with Crippen molar-refractivity contribution >= 4 is 12.3 Å². The van der Waals surface area contributed by atoms with Crippen LogP contribution in [0.4, 0.5) is 0 Å². The average molecular weight is 196 g/mol. The zero-order valence-corrected chi connectivity index (χ0v) is 7.77. The first-order chi connectivity index (χ1) is 6.74. The molecule has 0 aliphatic carbocycles. The van der Waals surface area contributed by atoms with Crippen molar-refractivity contribution in [3.05, 3.63) is 37.1 Å². The molecule has 0 aromatic carbocycles. The van der Waals surface area contributed by atoms with E-state index in [2.05, 4.69) is 17.9 Å². The summed E-state index contributed by atoms with van der Waals surface area (Å²) >= 11 is 0. The molecule has 0 amide bonds. The number of hydrogen-bond donors (Lipinski definition) is 0. The number of allylic oxidation sites excluding steroid dienone is 1. The monoisotopic (exact) mass is 196 g/mol. The number of hydrogen-bond acceptors (Lipinski definition) is 4. The Balaban J connectivity index is 4.12. The van der Waals surface area contributed by atoms with E-state index in [4.69, 9.17) is 4.74 Å². The number of aldehydes is 1. The normalized spacial score (nSPS) is 10.1. The molecular formula is C10H12O4. The minimum atomic E-state index is -0.643. The molecule has 0 saturated carbocycles. The predicted octanol–water partition coefficient (Wildman–Crippen LogP) is 1.00. The minimum Gasteiger partial charge on any atom is -0.486 e. The van der Waals surface area contributed by atoms with Crippen LogP contribution in [0.1, 0.15) is 0 Å². The Morgan fingerprint density at radius 2 is 1.71 bits per heavy atom. The van der Waals surface area contributed by atoms with Crippen LogP contribution in [-0.2, 0) is 19.1 Å². The number of rotatable bonds is 7. The van der Waals surface area contributed by atoms with Crippen LogP contribution in [0.2, 0.25) is 0 Å². The van der Waals surface area contributed by atoms with E-state index < -0.39 is 5.97 Å². The number of carbonyl (C=O) groups excluding carboxylic acids is 2. The van der Waals surface area contributed by atoms with Crippen molar-refractivity contribution in [3.63, 3.8) is 0 Å². The molecule has 0 heterocycles. The maximum absolute atomic E-state index is 10.9. The summed E-state index contributed by atoms with van der Waals surface area (Å²) in [5.74, 6) is -0.727. The van der Waals surface area contributed by atoms with E-state index in [1.165, 1.54) is 12.2 Å². The average Bonchev–Trinajstić information content (AvgIpc) is 2.21. The van der Waals surface area contributed by atoms with Crippen LogP contribution < -0.4 is 0 Å². The molecule has 0 N–H and O–H groups in total. The Morgan fingerprint density at radius 1 is 1.14 bits per heavy atom. The number of carbonyl (C=O) groups is 2. The van der Waals surface area contributed by atoms with Gasteiger partial charge >= 0.3 is 5.97 Å². The highest BCUT2D eigenvalue weighted by Crippen LogP contribution is 1.94. The molecular weight excluding hydrogens is 184 g/mol. The van der Waals surface area contributed by atoms with Gasteiger partial charge in [0.2, 0.25) is 0 Å². The summed E-state index contributed by atoms with van der Waals surface area (Å²) in [4.78, 5) is 21.3. The summed E-state index contributed by atoms with van der Waals surface area (Å²) in [6.07, 6.45) is 4.29. The highest BCUT2D eigenvalue weighted by atomic mass is 16.5. The van der Waals surface area contributed by atoms with Crippen molar-refractivity contribution in [2.45, 2.75) is 0 Å². The van der Waals surface area contributed by atoms with Crippen LogP contribution in [0.3, 0.4) is 0 Å². The van der Waals surface area contributed by atoms with Crippen LogP contribution in [0, 0.1) is 0 Å². The molecule has 0 aromatic rings. The van der Waals surface area contributed by atoms with E-state index in [0.29, 0.717) is 6.29 Å². The zero-order chi connectivity index (χ0) is 10.8. The molecule has 0 radical (unpaired) electrons. The van der Waals surface area contributed by atoms with E-state index in [-0.39, 0.29) is 19.0 Å². The van der Waals surface area contributed by atoms with Gasteiger partial charge in [0.15, 0.2) is 12.0 Å². The highest BCUT2D eigenvalue weighted by Gasteiger charge is 2.01. The standard InChI is InChI=1S/C10H12O4/c1-3-5-13-9(8-11)7-10(12)14-6-4-2/h3-4,7-8H,1-2,5-6H2/b9-7-. The maximum atomic E-state index is 10.9. The van der Waals surface area contributed by atoms with Gasteiger partial charge in [-0.15, -0.1) is 0 Å². The van der Waals surface area contributed by atoms with E-state index >= 15 is 0 Å². The van der Waals surface area contributed by atoms with Gasteiger partial charge < -0.3 is 9.47 Å². The molecule has 0 saturated heterocycles. The van der Waals surface area contributed by atoms with Crippen LogP contribution in [-0.4, -0.2) is 25.5 Å². The Hall–Kier alpha value is -1.84. The summed E-state index contributed by atoms with van der Waals surface area (Å²) in [5, 5.41) is 0. The predicted molar refractivity (Wildman–Crippen MR) is 51.5 cm³/mol. The maximum Gasteiger partial charge on any atom is 0.334 e. The van der Waals surface area contributed by atoms with Crippen molar-refractivity contribution < 1.29 is 19.1 Å². The lowest BCUT2D eigenvalue weighted by molar-refractivity contribution is -0.137. The second-order valence-corrected chi connectivity index (χ2v) is 2.18. The molecule has 4 nitrogen and oxygen atoms in total. The smallest absolute Gasteiger partial charge is 0.334 e. The third-order valence-electron chi connectivity index (χ3n) is 1.09. The molecule has 0 aliphatic rings. The van der Waals surface area contributed by atoms with Gasteiger partial charge in [-0.25, -0.2) is 4.79 Å². The number of ether oxygens (including phenoxy) is 2. The van der Waals surface area contributed by atoms with Gasteiger partial charge in [-0.1, -0.05) is 25.3 Å². The van der Waals surface area contributed by atoms with E-state index in [1.54, 1.807) is 0 Å². The fourth-order valence-electron chi connectivity index (χ4n) is 0.564. The van der Waals surface area contributed by atoms with E-state index in [0.717, 1.165) is 6.08 Å². The first-order valence-electron chi connectivity index (χ1n) is 3.92. The van der Waals surface area contributed by atoms with Gasteiger partial charge in [0.25, 0.3) is 0 Å². The Bertz CT molecular complexity index is 253. The first-order valence-corrected chi connectivity index (χ1v) is 3.92. The molecule has 0 spiro atoms. The van der Waals surface area contributed by atoms with Gasteiger partial charge in [0.1, 0.15) is 13.2 Å². The van der Waals surface area contributed by atoms with Gasteiger partial charge in [0, 0.05) is 0 Å².